The summed E-state index contributed by atoms with van der Waals surface area (Å²) < 4.78 is 20.9. The average molecular weight is 608 g/mol. The summed E-state index contributed by atoms with van der Waals surface area (Å²) in [4.78, 5) is 37.2. The van der Waals surface area contributed by atoms with Gasteiger partial charge in [0.1, 0.15) is 11.6 Å². The molecule has 2 aliphatic heterocycles. The molecule has 2 atom stereocenters. The molecular formula is C31H31ClFN5O5. The second kappa shape index (κ2) is 12.4. The van der Waals surface area contributed by atoms with Gasteiger partial charge in [-0.3, -0.25) is 14.5 Å². The molecule has 5 rings (SSSR count). The molecule has 12 heteroatoms. The molecule has 10 nitrogen and oxygen atoms in total. The highest BCUT2D eigenvalue weighted by molar-refractivity contribution is 6.36. The number of ether oxygens (including phenoxy) is 1. The fourth-order valence-corrected chi connectivity index (χ4v) is 5.49. The molecule has 5 N–H and O–H groups in total. The lowest BCUT2D eigenvalue weighted by Gasteiger charge is -2.29. The van der Waals surface area contributed by atoms with Crippen molar-refractivity contribution in [3.8, 4) is 28.0 Å². The summed E-state index contributed by atoms with van der Waals surface area (Å²) in [7, 11) is 2.85. The van der Waals surface area contributed by atoms with E-state index in [1.807, 2.05) is 25.1 Å². The summed E-state index contributed by atoms with van der Waals surface area (Å²) in [5, 5.41) is 21.9. The van der Waals surface area contributed by atoms with Crippen LogP contribution in [-0.2, 0) is 16.1 Å². The van der Waals surface area contributed by atoms with E-state index in [1.54, 1.807) is 24.3 Å². The highest BCUT2D eigenvalue weighted by Gasteiger charge is 2.30. The first-order valence-corrected chi connectivity index (χ1v) is 13.9. The first kappa shape index (κ1) is 30.0. The minimum atomic E-state index is -1.40. The van der Waals surface area contributed by atoms with Gasteiger partial charge in [0.05, 0.1) is 17.7 Å². The van der Waals surface area contributed by atoms with Crippen molar-refractivity contribution >= 4 is 35.1 Å². The van der Waals surface area contributed by atoms with Gasteiger partial charge in [0.25, 0.3) is 5.91 Å². The van der Waals surface area contributed by atoms with Crippen LogP contribution in [0.2, 0.25) is 5.02 Å². The predicted molar refractivity (Wildman–Crippen MR) is 161 cm³/mol. The molecule has 224 valence electrons. The zero-order valence-corrected chi connectivity index (χ0v) is 24.5. The summed E-state index contributed by atoms with van der Waals surface area (Å²) in [5.74, 6) is -0.737. The van der Waals surface area contributed by atoms with Gasteiger partial charge in [0.2, 0.25) is 5.91 Å². The second-order valence-corrected chi connectivity index (χ2v) is 10.7. The number of carbonyl (C=O) groups excluding carboxylic acids is 3. The van der Waals surface area contributed by atoms with Crippen LogP contribution in [0.15, 0.2) is 60.3 Å². The zero-order valence-electron chi connectivity index (χ0n) is 23.8. The van der Waals surface area contributed by atoms with Crippen molar-refractivity contribution in [3.05, 3.63) is 82.3 Å². The Bertz CT molecular complexity index is 1640. The summed E-state index contributed by atoms with van der Waals surface area (Å²) in [6.07, 6.45) is 0.125. The van der Waals surface area contributed by atoms with E-state index in [1.165, 1.54) is 26.4 Å². The fourth-order valence-electron chi connectivity index (χ4n) is 5.16. The first-order valence-electron chi connectivity index (χ1n) is 13.6. The molecule has 1 saturated heterocycles. The van der Waals surface area contributed by atoms with Crippen molar-refractivity contribution in [2.75, 3.05) is 26.0 Å². The predicted octanol–water partition coefficient (Wildman–Crippen LogP) is 3.90. The molecule has 1 fully saturated rings. The number of aliphatic hydroxyl groups excluding tert-OH is 1. The molecule has 3 aromatic carbocycles. The van der Waals surface area contributed by atoms with E-state index in [9.17, 15) is 19.5 Å². The number of aliphatic hydroxyl groups is 1. The van der Waals surface area contributed by atoms with Gasteiger partial charge in [-0.2, -0.15) is 0 Å². The van der Waals surface area contributed by atoms with Crippen LogP contribution >= 0.6 is 11.6 Å². The molecule has 0 aromatic heterocycles. The SMILES string of the molecule is COc1cc(-c2cccc(-c3cccc(NC(=O)C4=CNC(=O)N(C)C4O)c3C)c2Cl)cc(F)c1CN[C@@H]1CNC(=O)C1. The maximum atomic E-state index is 15.4. The van der Waals surface area contributed by atoms with Crippen LogP contribution in [0.1, 0.15) is 17.5 Å². The van der Waals surface area contributed by atoms with Crippen LogP contribution in [0.5, 0.6) is 5.75 Å². The standard InChI is InChI=1S/C31H31ClFN5O5/c1-16-19(6-5-9-25(16)37-29(40)23-15-36-31(42)38(2)30(23)41)21-8-4-7-20(28(21)32)17-10-24(33)22(26(11-17)43-3)14-34-18-12-27(39)35-13-18/h4-11,15,18,30,34,41H,12-14H2,1-3H3,(H,35,39)(H,36,42)(H,37,40)/t18-,30?/m0/s1. The van der Waals surface area contributed by atoms with Gasteiger partial charge in [0, 0.05) is 61.2 Å². The Balaban J connectivity index is 1.42. The number of rotatable bonds is 8. The quantitative estimate of drug-likeness (QED) is 0.264. The Labute approximate surface area is 252 Å². The molecule has 0 aliphatic carbocycles. The Kier molecular flexibility index (Phi) is 8.67. The summed E-state index contributed by atoms with van der Waals surface area (Å²) in [6.45, 7) is 2.51. The highest BCUT2D eigenvalue weighted by Crippen LogP contribution is 2.41. The topological polar surface area (TPSA) is 132 Å². The van der Waals surface area contributed by atoms with Gasteiger partial charge < -0.3 is 31.1 Å². The van der Waals surface area contributed by atoms with Gasteiger partial charge in [-0.05, 0) is 41.8 Å². The van der Waals surface area contributed by atoms with Gasteiger partial charge in [-0.25, -0.2) is 9.18 Å². The lowest BCUT2D eigenvalue weighted by atomic mass is 9.94. The second-order valence-electron chi connectivity index (χ2n) is 10.4. The van der Waals surface area contributed by atoms with Crippen LogP contribution in [-0.4, -0.2) is 60.8 Å². The Hall–Kier alpha value is -4.45. The Morgan fingerprint density at radius 3 is 2.60 bits per heavy atom. The number of hydrogen-bond donors (Lipinski definition) is 5. The number of hydrogen-bond acceptors (Lipinski definition) is 6. The van der Waals surface area contributed by atoms with Crippen LogP contribution in [0.25, 0.3) is 22.3 Å². The zero-order chi connectivity index (χ0) is 30.8. The van der Waals surface area contributed by atoms with Crippen LogP contribution in [0.3, 0.4) is 0 Å². The lowest BCUT2D eigenvalue weighted by molar-refractivity contribution is -0.119. The summed E-state index contributed by atoms with van der Waals surface area (Å²) in [5.41, 5.74) is 4.04. The van der Waals surface area contributed by atoms with E-state index >= 15 is 4.39 Å². The summed E-state index contributed by atoms with van der Waals surface area (Å²) >= 11 is 6.94. The van der Waals surface area contributed by atoms with Crippen molar-refractivity contribution in [2.24, 2.45) is 0 Å². The number of carbonyl (C=O) groups is 3. The number of anilines is 1. The molecule has 0 bridgehead atoms. The number of benzene rings is 3. The molecule has 3 aromatic rings. The Morgan fingerprint density at radius 1 is 1.16 bits per heavy atom. The van der Waals surface area contributed by atoms with Gasteiger partial charge >= 0.3 is 6.03 Å². The van der Waals surface area contributed by atoms with Crippen molar-refractivity contribution in [3.63, 3.8) is 0 Å². The first-order chi connectivity index (χ1) is 20.6. The number of amides is 4. The molecular weight excluding hydrogens is 577 g/mol. The maximum absolute atomic E-state index is 15.4. The number of nitrogens with one attached hydrogen (secondary N) is 4. The Morgan fingerprint density at radius 2 is 1.88 bits per heavy atom. The molecule has 0 radical (unpaired) electrons. The third kappa shape index (κ3) is 6.05. The van der Waals surface area contributed by atoms with E-state index in [0.717, 1.165) is 10.5 Å². The average Bonchev–Trinajstić information content (AvgIpc) is 3.41. The van der Waals surface area contributed by atoms with Gasteiger partial charge in [0.15, 0.2) is 6.23 Å². The van der Waals surface area contributed by atoms with Gasteiger partial charge in [-0.1, -0.05) is 41.9 Å². The van der Waals surface area contributed by atoms with Crippen LogP contribution in [0.4, 0.5) is 14.9 Å². The molecule has 2 heterocycles. The van der Waals surface area contributed by atoms with Gasteiger partial charge in [-0.15, -0.1) is 0 Å². The normalized spacial score (nSPS) is 18.2. The molecule has 4 amide bonds. The van der Waals surface area contributed by atoms with E-state index in [2.05, 4.69) is 21.3 Å². The molecule has 43 heavy (non-hydrogen) atoms. The number of likely N-dealkylation sites (N-methyl/N-ethyl adjacent to an activating group) is 1. The van der Waals surface area contributed by atoms with Crippen molar-refractivity contribution in [1.29, 1.82) is 0 Å². The summed E-state index contributed by atoms with van der Waals surface area (Å²) in [6, 6.07) is 13.3. The van der Waals surface area contributed by atoms with E-state index in [0.29, 0.717) is 57.2 Å². The fraction of sp³-hybridized carbons (Fsp3) is 0.258. The third-order valence-corrected chi connectivity index (χ3v) is 8.09. The highest BCUT2D eigenvalue weighted by atomic mass is 35.5. The van der Waals surface area contributed by atoms with Crippen molar-refractivity contribution in [2.45, 2.75) is 32.2 Å². The minimum Gasteiger partial charge on any atom is -0.496 e. The minimum absolute atomic E-state index is 0.0186. The monoisotopic (exact) mass is 607 g/mol. The van der Waals surface area contributed by atoms with Crippen LogP contribution < -0.4 is 26.0 Å². The molecule has 0 saturated carbocycles. The molecule has 2 aliphatic rings. The third-order valence-electron chi connectivity index (χ3n) is 7.68. The smallest absolute Gasteiger partial charge is 0.323 e. The molecule has 1 unspecified atom stereocenters. The lowest BCUT2D eigenvalue weighted by Crippen LogP contribution is -2.49. The largest absolute Gasteiger partial charge is 0.496 e. The van der Waals surface area contributed by atoms with E-state index in [-0.39, 0.29) is 24.1 Å². The number of halogens is 2. The number of urea groups is 1. The van der Waals surface area contributed by atoms with Crippen LogP contribution in [0, 0.1) is 12.7 Å². The van der Waals surface area contributed by atoms with Crippen molar-refractivity contribution < 1.29 is 28.6 Å². The van der Waals surface area contributed by atoms with E-state index in [4.69, 9.17) is 16.3 Å². The maximum Gasteiger partial charge on any atom is 0.323 e. The number of methoxy groups -OCH3 is 1. The van der Waals surface area contributed by atoms with E-state index < -0.39 is 24.0 Å². The molecule has 0 spiro atoms. The van der Waals surface area contributed by atoms with Crippen molar-refractivity contribution in [1.82, 2.24) is 20.9 Å². The number of nitrogens with zero attached hydrogens (tertiary/aromatic N) is 1.